The largest absolute Gasteiger partial charge is 0.419 e. The first kappa shape index (κ1) is 15.3. The molecule has 1 aliphatic heterocycles. The number of likely N-dealkylation sites (tertiary alicyclic amines) is 1. The number of hydrogen-bond donors (Lipinski definition) is 1. The van der Waals surface area contributed by atoms with Gasteiger partial charge >= 0.3 is 6.18 Å². The van der Waals surface area contributed by atoms with Crippen molar-refractivity contribution < 1.29 is 23.1 Å². The summed E-state index contributed by atoms with van der Waals surface area (Å²) < 4.78 is 37.9. The van der Waals surface area contributed by atoms with Gasteiger partial charge in [0.1, 0.15) is 0 Å². The molecule has 2 rings (SSSR count). The van der Waals surface area contributed by atoms with Gasteiger partial charge in [-0.1, -0.05) is 6.07 Å². The molecule has 20 heavy (non-hydrogen) atoms. The van der Waals surface area contributed by atoms with Gasteiger partial charge in [-0.15, -0.1) is 11.3 Å². The summed E-state index contributed by atoms with van der Waals surface area (Å²) in [6.07, 6.45) is -3.54. The molecule has 0 bridgehead atoms. The number of carbonyl (C=O) groups is 1. The van der Waals surface area contributed by atoms with Crippen LogP contribution < -0.4 is 0 Å². The molecule has 7 heteroatoms. The van der Waals surface area contributed by atoms with E-state index in [0.29, 0.717) is 6.42 Å². The van der Waals surface area contributed by atoms with E-state index in [2.05, 4.69) is 0 Å². The van der Waals surface area contributed by atoms with Crippen LogP contribution >= 0.6 is 11.3 Å². The monoisotopic (exact) mass is 307 g/mol. The average Bonchev–Trinajstić information content (AvgIpc) is 2.98. The topological polar surface area (TPSA) is 40.5 Å². The van der Waals surface area contributed by atoms with Crippen LogP contribution in [0, 0.1) is 0 Å². The quantitative estimate of drug-likeness (QED) is 0.929. The zero-order chi connectivity index (χ0) is 14.8. The molecule has 1 fully saturated rings. The molecule has 112 valence electrons. The molecule has 1 amide bonds. The average molecular weight is 307 g/mol. The van der Waals surface area contributed by atoms with Crippen molar-refractivity contribution in [3.8, 4) is 0 Å². The Morgan fingerprint density at radius 1 is 1.50 bits per heavy atom. The van der Waals surface area contributed by atoms with Gasteiger partial charge in [0, 0.05) is 24.3 Å². The molecule has 1 atom stereocenters. The molecular formula is C13H16F3NO2S. The van der Waals surface area contributed by atoms with Crippen molar-refractivity contribution in [3.05, 3.63) is 22.4 Å². The van der Waals surface area contributed by atoms with E-state index in [1.54, 1.807) is 11.3 Å². The van der Waals surface area contributed by atoms with E-state index < -0.39 is 24.7 Å². The highest BCUT2D eigenvalue weighted by molar-refractivity contribution is 7.09. The summed E-state index contributed by atoms with van der Waals surface area (Å²) >= 11 is 1.60. The van der Waals surface area contributed by atoms with Gasteiger partial charge < -0.3 is 10.0 Å². The van der Waals surface area contributed by atoms with Gasteiger partial charge in [-0.05, 0) is 24.3 Å². The van der Waals surface area contributed by atoms with Crippen LogP contribution in [0.5, 0.6) is 0 Å². The molecule has 1 N–H and O–H groups in total. The van der Waals surface area contributed by atoms with Crippen LogP contribution in [0.15, 0.2) is 17.5 Å². The summed E-state index contributed by atoms with van der Waals surface area (Å²) in [6, 6.07) is 3.89. The van der Waals surface area contributed by atoms with Crippen molar-refractivity contribution in [1.82, 2.24) is 4.90 Å². The van der Waals surface area contributed by atoms with Crippen LogP contribution in [-0.4, -0.2) is 40.8 Å². The number of nitrogens with zero attached hydrogens (tertiary/aromatic N) is 1. The zero-order valence-corrected chi connectivity index (χ0v) is 11.6. The summed E-state index contributed by atoms with van der Waals surface area (Å²) in [5.74, 6) is -0.318. The number of hydrogen-bond acceptors (Lipinski definition) is 3. The Morgan fingerprint density at radius 2 is 2.25 bits per heavy atom. The molecule has 1 saturated heterocycles. The lowest BCUT2D eigenvalue weighted by Gasteiger charge is -2.25. The van der Waals surface area contributed by atoms with Gasteiger partial charge in [0.2, 0.25) is 5.91 Å². The van der Waals surface area contributed by atoms with Crippen LogP contribution in [0.1, 0.15) is 24.1 Å². The number of aryl methyl sites for hydroxylation is 1. The van der Waals surface area contributed by atoms with E-state index >= 15 is 0 Å². The molecule has 0 unspecified atom stereocenters. The summed E-state index contributed by atoms with van der Waals surface area (Å²) in [6.45, 7) is -0.678. The van der Waals surface area contributed by atoms with Crippen molar-refractivity contribution in [1.29, 1.82) is 0 Å². The molecule has 0 aliphatic carbocycles. The Hall–Kier alpha value is -1.08. The summed E-state index contributed by atoms with van der Waals surface area (Å²) in [7, 11) is 0. The third-order valence-corrected chi connectivity index (χ3v) is 4.46. The third-order valence-electron chi connectivity index (χ3n) is 3.52. The van der Waals surface area contributed by atoms with E-state index in [0.717, 1.165) is 16.2 Å². The third kappa shape index (κ3) is 3.32. The van der Waals surface area contributed by atoms with Gasteiger partial charge in [-0.2, -0.15) is 13.2 Å². The van der Waals surface area contributed by atoms with Crippen molar-refractivity contribution in [2.24, 2.45) is 0 Å². The van der Waals surface area contributed by atoms with Gasteiger partial charge in [0.25, 0.3) is 0 Å². The van der Waals surface area contributed by atoms with E-state index in [9.17, 15) is 23.1 Å². The SMILES string of the molecule is O=C(CCCc1cccs1)N1CC[C@](O)(C(F)(F)F)C1. The predicted octanol–water partition coefficient (Wildman–Crippen LogP) is 2.60. The fourth-order valence-electron chi connectivity index (χ4n) is 2.26. The minimum atomic E-state index is -4.68. The lowest BCUT2D eigenvalue weighted by molar-refractivity contribution is -0.253. The number of rotatable bonds is 4. The second-order valence-electron chi connectivity index (χ2n) is 5.03. The van der Waals surface area contributed by atoms with Gasteiger partial charge in [0.05, 0.1) is 6.54 Å². The van der Waals surface area contributed by atoms with Crippen LogP contribution in [0.2, 0.25) is 0 Å². The lowest BCUT2D eigenvalue weighted by atomic mass is 10.0. The van der Waals surface area contributed by atoms with Crippen molar-refractivity contribution in [3.63, 3.8) is 0 Å². The molecular weight excluding hydrogens is 291 g/mol. The van der Waals surface area contributed by atoms with Crippen LogP contribution in [0.4, 0.5) is 13.2 Å². The van der Waals surface area contributed by atoms with Crippen molar-refractivity contribution in [2.75, 3.05) is 13.1 Å². The number of carbonyl (C=O) groups excluding carboxylic acids is 1. The van der Waals surface area contributed by atoms with Gasteiger partial charge in [-0.3, -0.25) is 4.79 Å². The van der Waals surface area contributed by atoms with Crippen LogP contribution in [0.3, 0.4) is 0 Å². The standard InChI is InChI=1S/C13H16F3NO2S/c14-13(15,16)12(19)6-7-17(9-12)11(18)5-1-3-10-4-2-8-20-10/h2,4,8,19H,1,3,5-7,9H2/t12-/m1/s1. The molecule has 1 aliphatic rings. The minimum absolute atomic E-state index is 0.0339. The van der Waals surface area contributed by atoms with Crippen molar-refractivity contribution >= 4 is 17.2 Å². The molecule has 1 aromatic rings. The minimum Gasteiger partial charge on any atom is -0.379 e. The summed E-state index contributed by atoms with van der Waals surface area (Å²) in [5, 5.41) is 11.5. The maximum atomic E-state index is 12.6. The molecule has 2 heterocycles. The first-order valence-corrected chi connectivity index (χ1v) is 7.29. The molecule has 1 aromatic heterocycles. The number of aliphatic hydroxyl groups is 1. The summed E-state index contributed by atoms with van der Waals surface area (Å²) in [4.78, 5) is 14.1. The maximum absolute atomic E-state index is 12.6. The number of halogens is 3. The highest BCUT2D eigenvalue weighted by Crippen LogP contribution is 2.37. The van der Waals surface area contributed by atoms with Gasteiger partial charge in [-0.25, -0.2) is 0 Å². The predicted molar refractivity (Wildman–Crippen MR) is 69.5 cm³/mol. The van der Waals surface area contributed by atoms with E-state index in [1.165, 1.54) is 0 Å². The molecule has 3 nitrogen and oxygen atoms in total. The Bertz CT molecular complexity index is 461. The molecule has 0 spiro atoms. The number of β-amino-alcohol motifs (C(OH)–C–C–N with tert-alkyl or cyclic N) is 1. The highest BCUT2D eigenvalue weighted by Gasteiger charge is 2.57. The Labute approximate surface area is 119 Å². The first-order valence-electron chi connectivity index (χ1n) is 6.41. The first-order chi connectivity index (χ1) is 9.32. The maximum Gasteiger partial charge on any atom is 0.419 e. The van der Waals surface area contributed by atoms with Crippen LogP contribution in [-0.2, 0) is 11.2 Å². The van der Waals surface area contributed by atoms with E-state index in [4.69, 9.17) is 0 Å². The fraction of sp³-hybridized carbons (Fsp3) is 0.615. The normalized spacial score (nSPS) is 23.3. The van der Waals surface area contributed by atoms with E-state index in [-0.39, 0.29) is 18.9 Å². The number of alkyl halides is 3. The van der Waals surface area contributed by atoms with Gasteiger partial charge in [0.15, 0.2) is 5.60 Å². The fourth-order valence-corrected chi connectivity index (χ4v) is 3.02. The Kier molecular flexibility index (Phi) is 4.39. The zero-order valence-electron chi connectivity index (χ0n) is 10.8. The number of amides is 1. The molecule has 0 radical (unpaired) electrons. The highest BCUT2D eigenvalue weighted by atomic mass is 32.1. The van der Waals surface area contributed by atoms with Crippen molar-refractivity contribution in [2.45, 2.75) is 37.5 Å². The Morgan fingerprint density at radius 3 is 2.80 bits per heavy atom. The Balaban J connectivity index is 1.80. The van der Waals surface area contributed by atoms with E-state index in [1.807, 2.05) is 17.5 Å². The lowest BCUT2D eigenvalue weighted by Crippen LogP contribution is -2.48. The number of thiophene rings is 1. The smallest absolute Gasteiger partial charge is 0.379 e. The van der Waals surface area contributed by atoms with Crippen LogP contribution in [0.25, 0.3) is 0 Å². The summed E-state index contributed by atoms with van der Waals surface area (Å²) in [5.41, 5.74) is -2.74. The molecule has 0 aromatic carbocycles. The second-order valence-corrected chi connectivity index (χ2v) is 6.06. The second kappa shape index (κ2) is 5.73. The molecule has 0 saturated carbocycles.